The molecule has 0 saturated heterocycles. The molecule has 0 unspecified atom stereocenters. The van der Waals surface area contributed by atoms with Crippen LogP contribution in [0.5, 0.6) is 5.75 Å². The summed E-state index contributed by atoms with van der Waals surface area (Å²) >= 11 is 0. The molecule has 0 fully saturated rings. The second-order valence-corrected chi connectivity index (χ2v) is 3.37. The van der Waals surface area contributed by atoms with Crippen molar-refractivity contribution < 1.29 is 9.13 Å². The van der Waals surface area contributed by atoms with Gasteiger partial charge < -0.3 is 4.74 Å². The fourth-order valence-electron chi connectivity index (χ4n) is 1.35. The molecule has 0 spiro atoms. The predicted molar refractivity (Wildman–Crippen MR) is 59.7 cm³/mol. The molecule has 0 bridgehead atoms. The summed E-state index contributed by atoms with van der Waals surface area (Å²) < 4.78 is 18.1. The van der Waals surface area contributed by atoms with Crippen LogP contribution in [0, 0.1) is 17.1 Å². The number of rotatable bonds is 3. The van der Waals surface area contributed by atoms with E-state index in [9.17, 15) is 4.39 Å². The maximum atomic E-state index is 12.7. The molecule has 1 aromatic heterocycles. The van der Waals surface area contributed by atoms with Crippen LogP contribution < -0.4 is 4.74 Å². The average Bonchev–Trinajstić information content (AvgIpc) is 2.38. The van der Waals surface area contributed by atoms with Gasteiger partial charge in [-0.25, -0.2) is 9.37 Å². The molecular weight excluding hydrogens is 219 g/mol. The van der Waals surface area contributed by atoms with Crippen molar-refractivity contribution >= 4 is 0 Å². The SMILES string of the molecule is N#Cc1ncccc1COc1ccc(F)cc1. The van der Waals surface area contributed by atoms with Crippen molar-refractivity contribution in [1.82, 2.24) is 4.98 Å². The number of halogens is 1. The summed E-state index contributed by atoms with van der Waals surface area (Å²) in [5, 5.41) is 8.83. The lowest BCUT2D eigenvalue weighted by Crippen LogP contribution is -1.99. The summed E-state index contributed by atoms with van der Waals surface area (Å²) in [6.45, 7) is 0.238. The van der Waals surface area contributed by atoms with Gasteiger partial charge in [0, 0.05) is 11.8 Å². The minimum Gasteiger partial charge on any atom is -0.489 e. The topological polar surface area (TPSA) is 45.9 Å². The number of pyridine rings is 1. The van der Waals surface area contributed by atoms with Crippen LogP contribution >= 0.6 is 0 Å². The number of benzene rings is 1. The van der Waals surface area contributed by atoms with E-state index in [1.54, 1.807) is 18.3 Å². The molecule has 2 rings (SSSR count). The normalized spacial score (nSPS) is 9.65. The molecule has 4 heteroatoms. The molecule has 84 valence electrons. The fraction of sp³-hybridized carbons (Fsp3) is 0.0769. The van der Waals surface area contributed by atoms with Gasteiger partial charge in [-0.3, -0.25) is 0 Å². The second kappa shape index (κ2) is 5.08. The predicted octanol–water partition coefficient (Wildman–Crippen LogP) is 2.67. The minimum absolute atomic E-state index is 0.238. The van der Waals surface area contributed by atoms with E-state index in [4.69, 9.17) is 10.00 Å². The summed E-state index contributed by atoms with van der Waals surface area (Å²) in [5.74, 6) is 0.246. The van der Waals surface area contributed by atoms with Gasteiger partial charge in [-0.1, -0.05) is 6.07 Å². The van der Waals surface area contributed by atoms with Crippen molar-refractivity contribution in [3.8, 4) is 11.8 Å². The Morgan fingerprint density at radius 2 is 2.00 bits per heavy atom. The van der Waals surface area contributed by atoms with Crippen LogP contribution in [-0.2, 0) is 6.61 Å². The van der Waals surface area contributed by atoms with Gasteiger partial charge >= 0.3 is 0 Å². The van der Waals surface area contributed by atoms with Crippen LogP contribution in [0.3, 0.4) is 0 Å². The Morgan fingerprint density at radius 3 is 2.71 bits per heavy atom. The Bertz CT molecular complexity index is 546. The summed E-state index contributed by atoms with van der Waals surface area (Å²) in [4.78, 5) is 3.92. The van der Waals surface area contributed by atoms with Crippen LogP contribution in [0.1, 0.15) is 11.3 Å². The standard InChI is InChI=1S/C13H9FN2O/c14-11-3-5-12(6-4-11)17-9-10-2-1-7-16-13(10)8-15/h1-7H,9H2. The van der Waals surface area contributed by atoms with E-state index in [0.29, 0.717) is 17.0 Å². The molecule has 2 aromatic rings. The molecule has 0 N–H and O–H groups in total. The van der Waals surface area contributed by atoms with Gasteiger partial charge in [-0.05, 0) is 30.3 Å². The van der Waals surface area contributed by atoms with Crippen molar-refractivity contribution in [2.75, 3.05) is 0 Å². The molecule has 3 nitrogen and oxygen atoms in total. The molecule has 0 radical (unpaired) electrons. The summed E-state index contributed by atoms with van der Waals surface area (Å²) in [5.41, 5.74) is 1.05. The van der Waals surface area contributed by atoms with E-state index < -0.39 is 0 Å². The third-order valence-corrected chi connectivity index (χ3v) is 2.21. The summed E-state index contributed by atoms with van der Waals surface area (Å²) in [6, 6.07) is 11.2. The quantitative estimate of drug-likeness (QED) is 0.811. The summed E-state index contributed by atoms with van der Waals surface area (Å²) in [6.07, 6.45) is 1.56. The van der Waals surface area contributed by atoms with E-state index in [2.05, 4.69) is 4.98 Å². The number of nitriles is 1. The highest BCUT2D eigenvalue weighted by atomic mass is 19.1. The van der Waals surface area contributed by atoms with Crippen molar-refractivity contribution in [3.63, 3.8) is 0 Å². The fourth-order valence-corrected chi connectivity index (χ4v) is 1.35. The summed E-state index contributed by atoms with van der Waals surface area (Å²) in [7, 11) is 0. The van der Waals surface area contributed by atoms with Gasteiger partial charge in [0.15, 0.2) is 0 Å². The van der Waals surface area contributed by atoms with E-state index in [1.807, 2.05) is 6.07 Å². The Hall–Kier alpha value is -2.41. The Morgan fingerprint density at radius 1 is 1.24 bits per heavy atom. The maximum Gasteiger partial charge on any atom is 0.147 e. The van der Waals surface area contributed by atoms with Gasteiger partial charge in [0.25, 0.3) is 0 Å². The zero-order valence-corrected chi connectivity index (χ0v) is 8.93. The molecule has 0 aliphatic heterocycles. The molecule has 1 heterocycles. The zero-order chi connectivity index (χ0) is 12.1. The van der Waals surface area contributed by atoms with E-state index in [-0.39, 0.29) is 12.4 Å². The van der Waals surface area contributed by atoms with Crippen molar-refractivity contribution in [2.45, 2.75) is 6.61 Å². The highest BCUT2D eigenvalue weighted by molar-refractivity contribution is 5.30. The molecule has 0 aliphatic carbocycles. The number of aromatic nitrogens is 1. The third kappa shape index (κ3) is 2.79. The molecule has 0 amide bonds. The molecule has 17 heavy (non-hydrogen) atoms. The molecule has 1 aromatic carbocycles. The lowest BCUT2D eigenvalue weighted by molar-refractivity contribution is 0.305. The van der Waals surface area contributed by atoms with Gasteiger partial charge in [0.1, 0.15) is 29.9 Å². The number of ether oxygens (including phenoxy) is 1. The van der Waals surface area contributed by atoms with E-state index >= 15 is 0 Å². The van der Waals surface area contributed by atoms with Crippen molar-refractivity contribution in [3.05, 3.63) is 59.7 Å². The van der Waals surface area contributed by atoms with E-state index in [1.165, 1.54) is 24.3 Å². The van der Waals surface area contributed by atoms with Crippen LogP contribution in [0.15, 0.2) is 42.6 Å². The van der Waals surface area contributed by atoms with Crippen LogP contribution in [0.2, 0.25) is 0 Å². The minimum atomic E-state index is -0.309. The van der Waals surface area contributed by atoms with Crippen molar-refractivity contribution in [1.29, 1.82) is 5.26 Å². The van der Waals surface area contributed by atoms with E-state index in [0.717, 1.165) is 0 Å². The first-order valence-electron chi connectivity index (χ1n) is 5.02. The van der Waals surface area contributed by atoms with Crippen LogP contribution in [0.25, 0.3) is 0 Å². The molecule has 0 saturated carbocycles. The van der Waals surface area contributed by atoms with Gasteiger partial charge in [-0.2, -0.15) is 5.26 Å². The number of nitrogens with zero attached hydrogens (tertiary/aromatic N) is 2. The van der Waals surface area contributed by atoms with Crippen LogP contribution in [0.4, 0.5) is 4.39 Å². The smallest absolute Gasteiger partial charge is 0.147 e. The monoisotopic (exact) mass is 228 g/mol. The van der Waals surface area contributed by atoms with Gasteiger partial charge in [-0.15, -0.1) is 0 Å². The average molecular weight is 228 g/mol. The number of hydrogen-bond acceptors (Lipinski definition) is 3. The largest absolute Gasteiger partial charge is 0.489 e. The number of hydrogen-bond donors (Lipinski definition) is 0. The lowest BCUT2D eigenvalue weighted by atomic mass is 10.2. The van der Waals surface area contributed by atoms with Crippen LogP contribution in [-0.4, -0.2) is 4.98 Å². The first-order valence-corrected chi connectivity index (χ1v) is 5.02. The second-order valence-electron chi connectivity index (χ2n) is 3.37. The van der Waals surface area contributed by atoms with Gasteiger partial charge in [0.2, 0.25) is 0 Å². The maximum absolute atomic E-state index is 12.7. The van der Waals surface area contributed by atoms with Crippen molar-refractivity contribution in [2.24, 2.45) is 0 Å². The van der Waals surface area contributed by atoms with Gasteiger partial charge in [0.05, 0.1) is 0 Å². The Balaban J connectivity index is 2.08. The highest BCUT2D eigenvalue weighted by Gasteiger charge is 2.03. The first kappa shape index (κ1) is 11.1. The highest BCUT2D eigenvalue weighted by Crippen LogP contribution is 2.14. The first-order chi connectivity index (χ1) is 8.29. The Kier molecular flexibility index (Phi) is 3.31. The molecule has 0 aliphatic rings. The third-order valence-electron chi connectivity index (χ3n) is 2.21. The molecular formula is C13H9FN2O. The zero-order valence-electron chi connectivity index (χ0n) is 8.93. The lowest BCUT2D eigenvalue weighted by Gasteiger charge is -2.06. The Labute approximate surface area is 98.1 Å². The molecule has 0 atom stereocenters.